The van der Waals surface area contributed by atoms with Crippen LogP contribution in [0.5, 0.6) is 0 Å². The van der Waals surface area contributed by atoms with Gasteiger partial charge in [-0.25, -0.2) is 4.39 Å². The van der Waals surface area contributed by atoms with Crippen LogP contribution in [-0.4, -0.2) is 17.6 Å². The van der Waals surface area contributed by atoms with Gasteiger partial charge >= 0.3 is 0 Å². The Hall–Kier alpha value is -1.42. The van der Waals surface area contributed by atoms with Gasteiger partial charge in [0.2, 0.25) is 0 Å². The molecule has 16 heavy (non-hydrogen) atoms. The minimum Gasteiger partial charge on any atom is -0.378 e. The van der Waals surface area contributed by atoms with Gasteiger partial charge in [0.1, 0.15) is 5.82 Å². The summed E-state index contributed by atoms with van der Waals surface area (Å²) in [5.41, 5.74) is 0.826. The first-order valence-electron chi connectivity index (χ1n) is 5.28. The van der Waals surface area contributed by atoms with Crippen LogP contribution in [0.2, 0.25) is 0 Å². The van der Waals surface area contributed by atoms with Crippen LogP contribution >= 0.6 is 0 Å². The molecule has 0 bridgehead atoms. The first kappa shape index (κ1) is 12.6. The zero-order valence-electron chi connectivity index (χ0n) is 9.46. The molecule has 3 nitrogen and oxygen atoms in total. The number of aliphatic hydroxyl groups excluding tert-OH is 1. The predicted molar refractivity (Wildman–Crippen MR) is 59.4 cm³/mol. The fraction of sp³-hybridized carbons (Fsp3) is 0.417. The summed E-state index contributed by atoms with van der Waals surface area (Å²) < 4.78 is 13.0. The molecule has 0 saturated carbocycles. The number of nitrogens with one attached hydrogen (secondary N) is 1. The third kappa shape index (κ3) is 3.03. The molecule has 88 valence electrons. The van der Waals surface area contributed by atoms with Gasteiger partial charge in [0.05, 0.1) is 0 Å². The number of aliphatic hydroxyl groups is 1. The average molecular weight is 225 g/mol. The first-order valence-corrected chi connectivity index (χ1v) is 5.28. The van der Waals surface area contributed by atoms with Crippen molar-refractivity contribution in [2.24, 2.45) is 0 Å². The van der Waals surface area contributed by atoms with Crippen LogP contribution in [0.4, 0.5) is 4.39 Å². The van der Waals surface area contributed by atoms with E-state index in [1.807, 2.05) is 6.92 Å². The number of carbonyl (C=O) groups excluding carboxylic acids is 1. The summed E-state index contributed by atoms with van der Waals surface area (Å²) in [7, 11) is 0. The quantitative estimate of drug-likeness (QED) is 0.819. The zero-order chi connectivity index (χ0) is 12.1. The Bertz CT molecular complexity index is 379. The van der Waals surface area contributed by atoms with E-state index in [0.717, 1.165) is 6.42 Å². The highest BCUT2D eigenvalue weighted by Gasteiger charge is 2.17. The van der Waals surface area contributed by atoms with Gasteiger partial charge < -0.3 is 10.4 Å². The molecule has 0 spiro atoms. The predicted octanol–water partition coefficient (Wildman–Crippen LogP) is 1.69. The SMILES string of the molecule is CCCNC(=O)C(O)c1ccc(F)c(C)c1. The van der Waals surface area contributed by atoms with Crippen molar-refractivity contribution in [1.29, 1.82) is 0 Å². The Balaban J connectivity index is 2.75. The summed E-state index contributed by atoms with van der Waals surface area (Å²) in [5, 5.41) is 12.3. The van der Waals surface area contributed by atoms with Gasteiger partial charge in [-0.1, -0.05) is 19.1 Å². The third-order valence-corrected chi connectivity index (χ3v) is 2.30. The second kappa shape index (κ2) is 5.61. The van der Waals surface area contributed by atoms with E-state index in [9.17, 15) is 14.3 Å². The van der Waals surface area contributed by atoms with E-state index in [4.69, 9.17) is 0 Å². The van der Waals surface area contributed by atoms with Gasteiger partial charge in [0, 0.05) is 6.54 Å². The molecule has 2 N–H and O–H groups in total. The Kier molecular flexibility index (Phi) is 4.43. The lowest BCUT2D eigenvalue weighted by Gasteiger charge is -2.11. The molecule has 0 fully saturated rings. The molecule has 1 rings (SSSR count). The highest BCUT2D eigenvalue weighted by atomic mass is 19.1. The smallest absolute Gasteiger partial charge is 0.253 e. The van der Waals surface area contributed by atoms with Crippen LogP contribution in [-0.2, 0) is 4.79 Å². The third-order valence-electron chi connectivity index (χ3n) is 2.30. The van der Waals surface area contributed by atoms with Crippen LogP contribution in [0.15, 0.2) is 18.2 Å². The maximum absolute atomic E-state index is 13.0. The molecule has 1 aromatic carbocycles. The minimum absolute atomic E-state index is 0.343. The van der Waals surface area contributed by atoms with E-state index in [1.54, 1.807) is 6.92 Å². The number of halogens is 1. The fourth-order valence-electron chi connectivity index (χ4n) is 1.33. The molecule has 0 aromatic heterocycles. The van der Waals surface area contributed by atoms with Crippen molar-refractivity contribution in [3.8, 4) is 0 Å². The average Bonchev–Trinajstić information content (AvgIpc) is 2.28. The normalized spacial score (nSPS) is 12.2. The lowest BCUT2D eigenvalue weighted by atomic mass is 10.1. The first-order chi connectivity index (χ1) is 7.56. The number of amides is 1. The fourth-order valence-corrected chi connectivity index (χ4v) is 1.33. The lowest BCUT2D eigenvalue weighted by molar-refractivity contribution is -0.129. The van der Waals surface area contributed by atoms with Crippen molar-refractivity contribution in [2.75, 3.05) is 6.54 Å². The van der Waals surface area contributed by atoms with Gasteiger partial charge in [-0.15, -0.1) is 0 Å². The van der Waals surface area contributed by atoms with E-state index in [1.165, 1.54) is 18.2 Å². The number of aryl methyl sites for hydroxylation is 1. The molecule has 1 unspecified atom stereocenters. The molecule has 0 aliphatic carbocycles. The van der Waals surface area contributed by atoms with Crippen LogP contribution in [0, 0.1) is 12.7 Å². The van der Waals surface area contributed by atoms with Crippen molar-refractivity contribution in [3.63, 3.8) is 0 Å². The van der Waals surface area contributed by atoms with E-state index >= 15 is 0 Å². The molecule has 0 saturated heterocycles. The zero-order valence-corrected chi connectivity index (χ0v) is 9.46. The molecule has 0 heterocycles. The van der Waals surface area contributed by atoms with Crippen molar-refractivity contribution in [3.05, 3.63) is 35.1 Å². The molecule has 0 radical (unpaired) electrons. The number of carbonyl (C=O) groups is 1. The van der Waals surface area contributed by atoms with Gasteiger partial charge in [0.15, 0.2) is 6.10 Å². The number of rotatable bonds is 4. The van der Waals surface area contributed by atoms with Crippen molar-refractivity contribution >= 4 is 5.91 Å². The maximum Gasteiger partial charge on any atom is 0.253 e. The lowest BCUT2D eigenvalue weighted by Crippen LogP contribution is -2.29. The van der Waals surface area contributed by atoms with E-state index in [-0.39, 0.29) is 5.82 Å². The van der Waals surface area contributed by atoms with Crippen LogP contribution in [0.3, 0.4) is 0 Å². The van der Waals surface area contributed by atoms with Gasteiger partial charge in [-0.2, -0.15) is 0 Å². The highest BCUT2D eigenvalue weighted by Crippen LogP contribution is 2.16. The van der Waals surface area contributed by atoms with Crippen molar-refractivity contribution in [2.45, 2.75) is 26.4 Å². The Labute approximate surface area is 94.3 Å². The Morgan fingerprint density at radius 3 is 2.81 bits per heavy atom. The van der Waals surface area contributed by atoms with Crippen LogP contribution < -0.4 is 5.32 Å². The minimum atomic E-state index is -1.23. The highest BCUT2D eigenvalue weighted by molar-refractivity contribution is 5.81. The van der Waals surface area contributed by atoms with Gasteiger partial charge in [-0.3, -0.25) is 4.79 Å². The number of benzene rings is 1. The second-order valence-electron chi connectivity index (χ2n) is 3.70. The van der Waals surface area contributed by atoms with Gasteiger partial charge in [-0.05, 0) is 30.5 Å². The molecular weight excluding hydrogens is 209 g/mol. The van der Waals surface area contributed by atoms with Gasteiger partial charge in [0.25, 0.3) is 5.91 Å². The summed E-state index contributed by atoms with van der Waals surface area (Å²) in [5.74, 6) is -0.794. The molecular formula is C12H16FNO2. The second-order valence-corrected chi connectivity index (χ2v) is 3.70. The number of hydrogen-bond donors (Lipinski definition) is 2. The summed E-state index contributed by atoms with van der Waals surface area (Å²) >= 11 is 0. The molecule has 0 aliphatic rings. The summed E-state index contributed by atoms with van der Waals surface area (Å²) in [6.45, 7) is 4.04. The number of hydrogen-bond acceptors (Lipinski definition) is 2. The van der Waals surface area contributed by atoms with Crippen molar-refractivity contribution < 1.29 is 14.3 Å². The molecule has 1 atom stereocenters. The van der Waals surface area contributed by atoms with Crippen LogP contribution in [0.1, 0.15) is 30.6 Å². The maximum atomic E-state index is 13.0. The topological polar surface area (TPSA) is 49.3 Å². The monoisotopic (exact) mass is 225 g/mol. The standard InChI is InChI=1S/C12H16FNO2/c1-3-6-14-12(16)11(15)9-4-5-10(13)8(2)7-9/h4-5,7,11,15H,3,6H2,1-2H3,(H,14,16). The largest absolute Gasteiger partial charge is 0.378 e. The molecule has 0 aliphatic heterocycles. The Morgan fingerprint density at radius 1 is 1.56 bits per heavy atom. The van der Waals surface area contributed by atoms with E-state index in [0.29, 0.717) is 17.7 Å². The van der Waals surface area contributed by atoms with Crippen LogP contribution in [0.25, 0.3) is 0 Å². The van der Waals surface area contributed by atoms with E-state index in [2.05, 4.69) is 5.32 Å². The van der Waals surface area contributed by atoms with Crippen molar-refractivity contribution in [1.82, 2.24) is 5.32 Å². The molecule has 1 amide bonds. The Morgan fingerprint density at radius 2 is 2.25 bits per heavy atom. The molecule has 4 heteroatoms. The summed E-state index contributed by atoms with van der Waals surface area (Å²) in [6.07, 6.45) is -0.424. The summed E-state index contributed by atoms with van der Waals surface area (Å²) in [4.78, 5) is 11.4. The summed E-state index contributed by atoms with van der Waals surface area (Å²) in [6, 6.07) is 4.14. The van der Waals surface area contributed by atoms with E-state index < -0.39 is 12.0 Å². The molecule has 1 aromatic rings.